The van der Waals surface area contributed by atoms with Crippen LogP contribution in [0, 0.1) is 0 Å². The minimum Gasteiger partial charge on any atom is -0.219 e. The normalized spacial score (nSPS) is 12.3. The van der Waals surface area contributed by atoms with E-state index in [1.807, 2.05) is 6.92 Å². The van der Waals surface area contributed by atoms with Crippen LogP contribution in [0.3, 0.4) is 0 Å². The highest BCUT2D eigenvalue weighted by molar-refractivity contribution is 5.72. The molecule has 5 heteroatoms. The summed E-state index contributed by atoms with van der Waals surface area (Å²) in [7, 11) is 0. The van der Waals surface area contributed by atoms with Crippen molar-refractivity contribution in [3.63, 3.8) is 0 Å². The van der Waals surface area contributed by atoms with Crippen LogP contribution in [0.5, 0.6) is 0 Å². The fraction of sp³-hybridized carbons (Fsp3) is 0.500. The second-order valence-corrected chi connectivity index (χ2v) is 4.56. The maximum atomic E-state index is 13.3. The molecule has 0 saturated carbocycles. The Balaban J connectivity index is 2.73. The van der Waals surface area contributed by atoms with Crippen LogP contribution in [-0.4, -0.2) is 4.57 Å². The summed E-state index contributed by atoms with van der Waals surface area (Å²) in [6.07, 6.45) is -2.72. The van der Waals surface area contributed by atoms with Crippen LogP contribution < -0.4 is 4.57 Å². The fourth-order valence-corrected chi connectivity index (χ4v) is 2.46. The number of nitrogens with zero attached hydrogens (tertiary/aromatic N) is 2. The largest absolute Gasteiger partial charge is 0.495 e. The average molecular weight is 271 g/mol. The third kappa shape index (κ3) is 2.46. The number of hydrogen-bond donors (Lipinski definition) is 0. The molecule has 0 radical (unpaired) electrons. The van der Waals surface area contributed by atoms with Crippen LogP contribution >= 0.6 is 0 Å². The zero-order valence-electron chi connectivity index (χ0n) is 11.2. The minimum absolute atomic E-state index is 0.314. The van der Waals surface area contributed by atoms with Gasteiger partial charge in [0.05, 0.1) is 13.1 Å². The summed E-state index contributed by atoms with van der Waals surface area (Å²) in [6, 6.07) is 7.06. The first-order valence-corrected chi connectivity index (χ1v) is 6.59. The van der Waals surface area contributed by atoms with Gasteiger partial charge < -0.3 is 0 Å². The topological polar surface area (TPSA) is 8.81 Å². The first-order chi connectivity index (χ1) is 9.00. The molecule has 0 aliphatic heterocycles. The lowest BCUT2D eigenvalue weighted by atomic mass is 10.3. The molecule has 2 rings (SSSR count). The third-order valence-electron chi connectivity index (χ3n) is 3.28. The molecule has 0 unspecified atom stereocenters. The van der Waals surface area contributed by atoms with Crippen molar-refractivity contribution in [2.24, 2.45) is 0 Å². The average Bonchev–Trinajstić information content (AvgIpc) is 2.70. The van der Waals surface area contributed by atoms with Crippen molar-refractivity contribution in [1.29, 1.82) is 0 Å². The van der Waals surface area contributed by atoms with Gasteiger partial charge in [0.25, 0.3) is 0 Å². The van der Waals surface area contributed by atoms with Crippen LogP contribution in [0.25, 0.3) is 11.0 Å². The number of halogens is 3. The molecule has 2 aromatic rings. The number of imidazole rings is 1. The molecule has 0 atom stereocenters. The molecule has 1 heterocycles. The van der Waals surface area contributed by atoms with E-state index in [2.05, 4.69) is 0 Å². The SMILES string of the molecule is CCCC[n+]1c(C(F)(F)F)n(CC)c2ccccc21. The minimum atomic E-state index is -4.33. The van der Waals surface area contributed by atoms with E-state index in [0.717, 1.165) is 12.8 Å². The Hall–Kier alpha value is -1.52. The summed E-state index contributed by atoms with van der Waals surface area (Å²) in [6.45, 7) is 4.44. The van der Waals surface area contributed by atoms with Crippen LogP contribution in [0.4, 0.5) is 13.2 Å². The molecule has 2 nitrogen and oxygen atoms in total. The highest BCUT2D eigenvalue weighted by Crippen LogP contribution is 2.30. The van der Waals surface area contributed by atoms with Crippen molar-refractivity contribution >= 4 is 11.0 Å². The monoisotopic (exact) mass is 271 g/mol. The second-order valence-electron chi connectivity index (χ2n) is 4.56. The van der Waals surface area contributed by atoms with Crippen LogP contribution in [0.2, 0.25) is 0 Å². The van der Waals surface area contributed by atoms with Crippen molar-refractivity contribution < 1.29 is 17.7 Å². The molecular weight excluding hydrogens is 253 g/mol. The molecule has 0 aliphatic rings. The predicted molar refractivity (Wildman–Crippen MR) is 67.7 cm³/mol. The highest BCUT2D eigenvalue weighted by Gasteiger charge is 2.46. The quantitative estimate of drug-likeness (QED) is 0.749. The van der Waals surface area contributed by atoms with Crippen molar-refractivity contribution in [3.05, 3.63) is 30.1 Å². The van der Waals surface area contributed by atoms with E-state index in [-0.39, 0.29) is 0 Å². The Kier molecular flexibility index (Phi) is 3.83. The van der Waals surface area contributed by atoms with Gasteiger partial charge in [-0.3, -0.25) is 0 Å². The third-order valence-corrected chi connectivity index (χ3v) is 3.28. The van der Waals surface area contributed by atoms with Crippen LogP contribution in [-0.2, 0) is 19.3 Å². The molecular formula is C14H18F3N2+. The maximum absolute atomic E-state index is 13.3. The van der Waals surface area contributed by atoms with Gasteiger partial charge in [-0.1, -0.05) is 25.5 Å². The summed E-state index contributed by atoms with van der Waals surface area (Å²) in [4.78, 5) is 0. The predicted octanol–water partition coefficient (Wildman–Crippen LogP) is 3.77. The maximum Gasteiger partial charge on any atom is 0.495 e. The number of alkyl halides is 3. The Morgan fingerprint density at radius 2 is 1.84 bits per heavy atom. The van der Waals surface area contributed by atoms with Gasteiger partial charge >= 0.3 is 12.0 Å². The number of unbranched alkanes of at least 4 members (excludes halogenated alkanes) is 1. The van der Waals surface area contributed by atoms with E-state index in [1.165, 1.54) is 9.13 Å². The number of para-hydroxylation sites is 2. The Morgan fingerprint density at radius 3 is 2.42 bits per heavy atom. The van der Waals surface area contributed by atoms with Gasteiger partial charge in [-0.2, -0.15) is 13.2 Å². The molecule has 0 N–H and O–H groups in total. The summed E-state index contributed by atoms with van der Waals surface area (Å²) < 4.78 is 42.7. The van der Waals surface area contributed by atoms with E-state index < -0.39 is 12.0 Å². The summed E-state index contributed by atoms with van der Waals surface area (Å²) in [5.74, 6) is -0.551. The number of benzene rings is 1. The van der Waals surface area contributed by atoms with Gasteiger partial charge in [-0.05, 0) is 25.5 Å². The van der Waals surface area contributed by atoms with Gasteiger partial charge in [0.15, 0.2) is 11.0 Å². The van der Waals surface area contributed by atoms with Crippen LogP contribution in [0.15, 0.2) is 24.3 Å². The lowest BCUT2D eigenvalue weighted by molar-refractivity contribution is -0.692. The molecule has 0 fully saturated rings. The lowest BCUT2D eigenvalue weighted by Gasteiger charge is -2.06. The van der Waals surface area contributed by atoms with Crippen molar-refractivity contribution in [1.82, 2.24) is 4.57 Å². The fourth-order valence-electron chi connectivity index (χ4n) is 2.46. The van der Waals surface area contributed by atoms with Crippen molar-refractivity contribution in [3.8, 4) is 0 Å². The van der Waals surface area contributed by atoms with Gasteiger partial charge in [0, 0.05) is 0 Å². The summed E-state index contributed by atoms with van der Waals surface area (Å²) >= 11 is 0. The van der Waals surface area contributed by atoms with Gasteiger partial charge in [0.1, 0.15) is 0 Å². The van der Waals surface area contributed by atoms with Crippen molar-refractivity contribution in [2.75, 3.05) is 0 Å². The van der Waals surface area contributed by atoms with Gasteiger partial charge in [0.2, 0.25) is 0 Å². The molecule has 0 aliphatic carbocycles. The highest BCUT2D eigenvalue weighted by atomic mass is 19.4. The first-order valence-electron chi connectivity index (χ1n) is 6.59. The summed E-state index contributed by atoms with van der Waals surface area (Å²) in [5, 5.41) is 0. The Bertz CT molecular complexity index is 570. The smallest absolute Gasteiger partial charge is 0.219 e. The van der Waals surface area contributed by atoms with E-state index in [1.54, 1.807) is 31.2 Å². The standard InChI is InChI=1S/C14H18F3N2/c1-3-5-10-19-12-9-7-6-8-11(12)18(4-2)13(19)14(15,16)17/h6-9H,3-5,10H2,1-2H3/q+1. The molecule has 1 aromatic heterocycles. The first kappa shape index (κ1) is 13.9. The Labute approximate surface area is 110 Å². The van der Waals surface area contributed by atoms with E-state index in [0.29, 0.717) is 24.1 Å². The van der Waals surface area contributed by atoms with E-state index >= 15 is 0 Å². The van der Waals surface area contributed by atoms with E-state index in [9.17, 15) is 13.2 Å². The number of aromatic nitrogens is 2. The molecule has 19 heavy (non-hydrogen) atoms. The zero-order chi connectivity index (χ0) is 14.0. The summed E-state index contributed by atoms with van der Waals surface area (Å²) in [5.41, 5.74) is 1.30. The zero-order valence-corrected chi connectivity index (χ0v) is 11.2. The van der Waals surface area contributed by atoms with E-state index in [4.69, 9.17) is 0 Å². The number of rotatable bonds is 4. The van der Waals surface area contributed by atoms with Gasteiger partial charge in [-0.15, -0.1) is 0 Å². The molecule has 0 amide bonds. The van der Waals surface area contributed by atoms with Crippen molar-refractivity contribution in [2.45, 2.75) is 46.0 Å². The second kappa shape index (κ2) is 5.23. The number of fused-ring (bicyclic) bond motifs is 1. The molecule has 0 bridgehead atoms. The van der Waals surface area contributed by atoms with Crippen LogP contribution in [0.1, 0.15) is 32.5 Å². The number of hydrogen-bond acceptors (Lipinski definition) is 0. The lowest BCUT2D eigenvalue weighted by Crippen LogP contribution is -2.42. The molecule has 1 aromatic carbocycles. The Morgan fingerprint density at radius 1 is 1.16 bits per heavy atom. The van der Waals surface area contributed by atoms with Gasteiger partial charge in [-0.25, -0.2) is 9.13 Å². The number of aryl methyl sites for hydroxylation is 2. The molecule has 0 spiro atoms. The molecule has 104 valence electrons. The molecule has 0 saturated heterocycles.